The highest BCUT2D eigenvalue weighted by Crippen LogP contribution is 2.30. The molecule has 0 radical (unpaired) electrons. The van der Waals surface area contributed by atoms with Crippen molar-refractivity contribution in [1.29, 1.82) is 5.26 Å². The molecule has 2 aliphatic heterocycles. The number of piperazine rings is 1. The maximum atomic E-state index is 11.7. The van der Waals surface area contributed by atoms with Crippen molar-refractivity contribution in [3.8, 4) is 11.8 Å². The number of hydrogen-bond donors (Lipinski definition) is 1. The predicted octanol–water partition coefficient (Wildman–Crippen LogP) is 3.22. The highest BCUT2D eigenvalue weighted by atomic mass is 16.5. The molecule has 162 valence electrons. The van der Waals surface area contributed by atoms with E-state index in [0.29, 0.717) is 29.9 Å². The molecule has 2 bridgehead atoms. The Labute approximate surface area is 183 Å². The van der Waals surface area contributed by atoms with E-state index in [1.807, 2.05) is 6.07 Å². The summed E-state index contributed by atoms with van der Waals surface area (Å²) in [5.41, 5.74) is 1.89. The van der Waals surface area contributed by atoms with Crippen LogP contribution in [0.5, 0.6) is 5.75 Å². The first-order valence-corrected chi connectivity index (χ1v) is 10.8. The van der Waals surface area contributed by atoms with E-state index in [4.69, 9.17) is 10.00 Å². The summed E-state index contributed by atoms with van der Waals surface area (Å²) in [4.78, 5) is 18.0. The van der Waals surface area contributed by atoms with E-state index in [-0.39, 0.29) is 6.73 Å². The van der Waals surface area contributed by atoms with Gasteiger partial charge in [-0.05, 0) is 42.7 Å². The lowest BCUT2D eigenvalue weighted by Crippen LogP contribution is -2.55. The maximum absolute atomic E-state index is 11.7. The van der Waals surface area contributed by atoms with Gasteiger partial charge in [0.1, 0.15) is 5.75 Å². The number of carbonyl (C=O) groups is 1. The summed E-state index contributed by atoms with van der Waals surface area (Å²) in [5.74, 6) is 0.555. The number of nitrogens with zero attached hydrogens (tertiary/aromatic N) is 4. The van der Waals surface area contributed by atoms with Gasteiger partial charge in [-0.15, -0.1) is 0 Å². The Morgan fingerprint density at radius 3 is 2.39 bits per heavy atom. The summed E-state index contributed by atoms with van der Waals surface area (Å²) in [6.07, 6.45) is 1.36. The molecule has 0 spiro atoms. The molecule has 0 aliphatic carbocycles. The molecule has 4 rings (SSSR count). The lowest BCUT2D eigenvalue weighted by Gasteiger charge is -2.41. The van der Waals surface area contributed by atoms with Crippen LogP contribution in [0.15, 0.2) is 54.6 Å². The fraction of sp³-hybridized carbons (Fsp3) is 0.417. The van der Waals surface area contributed by atoms with E-state index >= 15 is 0 Å². The number of rotatable bonds is 8. The van der Waals surface area contributed by atoms with Crippen molar-refractivity contribution < 1.29 is 14.6 Å². The third-order valence-corrected chi connectivity index (χ3v) is 6.23. The van der Waals surface area contributed by atoms with E-state index in [0.717, 1.165) is 26.2 Å². The van der Waals surface area contributed by atoms with Crippen LogP contribution in [0.2, 0.25) is 0 Å². The van der Waals surface area contributed by atoms with Gasteiger partial charge >= 0.3 is 6.09 Å². The molecule has 7 heteroatoms. The summed E-state index contributed by atoms with van der Waals surface area (Å²) in [5, 5.41) is 18.5. The zero-order valence-corrected chi connectivity index (χ0v) is 17.6. The topological polar surface area (TPSA) is 80.0 Å². The van der Waals surface area contributed by atoms with Gasteiger partial charge in [-0.2, -0.15) is 5.26 Å². The minimum Gasteiger partial charge on any atom is -0.473 e. The van der Waals surface area contributed by atoms with Crippen LogP contribution in [0, 0.1) is 11.3 Å². The number of benzene rings is 2. The Morgan fingerprint density at radius 1 is 1.10 bits per heavy atom. The molecule has 1 unspecified atom stereocenters. The van der Waals surface area contributed by atoms with Crippen LogP contribution >= 0.6 is 0 Å². The first-order valence-electron chi connectivity index (χ1n) is 10.8. The van der Waals surface area contributed by atoms with Crippen LogP contribution in [-0.4, -0.2) is 70.9 Å². The number of fused-ring (bicyclic) bond motifs is 2. The van der Waals surface area contributed by atoms with E-state index in [1.54, 1.807) is 24.3 Å². The largest absolute Gasteiger partial charge is 0.473 e. The molecule has 2 saturated heterocycles. The Bertz CT molecular complexity index is 899. The van der Waals surface area contributed by atoms with E-state index in [9.17, 15) is 9.90 Å². The molecule has 2 heterocycles. The van der Waals surface area contributed by atoms with Crippen molar-refractivity contribution in [1.82, 2.24) is 14.7 Å². The van der Waals surface area contributed by atoms with Gasteiger partial charge in [0, 0.05) is 44.8 Å². The van der Waals surface area contributed by atoms with Gasteiger partial charge in [0.25, 0.3) is 0 Å². The fourth-order valence-corrected chi connectivity index (χ4v) is 4.64. The number of hydrogen-bond acceptors (Lipinski definition) is 5. The summed E-state index contributed by atoms with van der Waals surface area (Å²) in [6, 6.07) is 20.3. The van der Waals surface area contributed by atoms with Crippen molar-refractivity contribution in [3.05, 3.63) is 65.7 Å². The van der Waals surface area contributed by atoms with Gasteiger partial charge in [-0.3, -0.25) is 14.7 Å². The number of likely N-dealkylation sites (tertiary alicyclic amines) is 1. The molecule has 1 amide bonds. The Kier molecular flexibility index (Phi) is 6.70. The van der Waals surface area contributed by atoms with Crippen LogP contribution in [0.4, 0.5) is 4.79 Å². The predicted molar refractivity (Wildman–Crippen MR) is 117 cm³/mol. The SMILES string of the molecule is N#Cc1ccc(OCN(CCN2C3CC[C@H]2CN(Cc2ccccc2)C3)C(=O)O)cc1. The maximum Gasteiger partial charge on any atom is 0.410 e. The highest BCUT2D eigenvalue weighted by Gasteiger charge is 2.39. The summed E-state index contributed by atoms with van der Waals surface area (Å²) in [7, 11) is 0. The van der Waals surface area contributed by atoms with Gasteiger partial charge in [0.05, 0.1) is 11.6 Å². The lowest BCUT2D eigenvalue weighted by molar-refractivity contribution is 0.0436. The molecule has 2 aliphatic rings. The fourth-order valence-electron chi connectivity index (χ4n) is 4.64. The van der Waals surface area contributed by atoms with Crippen molar-refractivity contribution in [2.45, 2.75) is 31.5 Å². The first kappa shape index (κ1) is 21.2. The molecule has 31 heavy (non-hydrogen) atoms. The molecule has 2 aromatic carbocycles. The van der Waals surface area contributed by atoms with Crippen LogP contribution in [0.25, 0.3) is 0 Å². The summed E-state index contributed by atoms with van der Waals surface area (Å²) < 4.78 is 5.63. The van der Waals surface area contributed by atoms with Crippen LogP contribution in [0.1, 0.15) is 24.0 Å². The molecule has 0 aromatic heterocycles. The zero-order valence-electron chi connectivity index (χ0n) is 17.6. The quantitative estimate of drug-likeness (QED) is 0.661. The van der Waals surface area contributed by atoms with Crippen LogP contribution < -0.4 is 4.74 Å². The van der Waals surface area contributed by atoms with Gasteiger partial charge in [0.2, 0.25) is 0 Å². The molecular formula is C24H28N4O3. The van der Waals surface area contributed by atoms with Crippen LogP contribution in [-0.2, 0) is 6.54 Å². The number of amides is 1. The smallest absolute Gasteiger partial charge is 0.410 e. The second-order valence-corrected chi connectivity index (χ2v) is 8.26. The summed E-state index contributed by atoms with van der Waals surface area (Å²) >= 11 is 0. The number of ether oxygens (including phenoxy) is 1. The first-order chi connectivity index (χ1) is 15.1. The Hall–Kier alpha value is -3.08. The monoisotopic (exact) mass is 420 g/mol. The van der Waals surface area contributed by atoms with E-state index in [1.165, 1.54) is 23.3 Å². The zero-order chi connectivity index (χ0) is 21.6. The lowest BCUT2D eigenvalue weighted by atomic mass is 10.1. The van der Waals surface area contributed by atoms with Gasteiger partial charge in [-0.1, -0.05) is 30.3 Å². The minimum atomic E-state index is -0.983. The van der Waals surface area contributed by atoms with E-state index in [2.05, 4.69) is 40.1 Å². The minimum absolute atomic E-state index is 0.0233. The second-order valence-electron chi connectivity index (χ2n) is 8.26. The Morgan fingerprint density at radius 2 is 1.77 bits per heavy atom. The standard InChI is InChI=1S/C24H28N4O3/c25-14-19-6-10-23(11-7-19)31-18-27(24(29)30)12-13-28-21-8-9-22(28)17-26(16-21)15-20-4-2-1-3-5-20/h1-7,10-11,21-22H,8-9,12-13,15-18H2,(H,29,30)/t21-,22?/m0/s1. The second kappa shape index (κ2) is 9.82. The van der Waals surface area contributed by atoms with Crippen molar-refractivity contribution in [3.63, 3.8) is 0 Å². The molecule has 2 atom stereocenters. The third kappa shape index (κ3) is 5.35. The molecule has 7 nitrogen and oxygen atoms in total. The number of carboxylic acid groups (broad SMARTS) is 1. The van der Waals surface area contributed by atoms with Gasteiger partial charge in [0.15, 0.2) is 6.73 Å². The Balaban J connectivity index is 1.28. The molecular weight excluding hydrogens is 392 g/mol. The van der Waals surface area contributed by atoms with Gasteiger partial charge in [-0.25, -0.2) is 4.79 Å². The molecule has 1 N–H and O–H groups in total. The van der Waals surface area contributed by atoms with Crippen molar-refractivity contribution in [2.24, 2.45) is 0 Å². The number of nitriles is 1. The average Bonchev–Trinajstić information content (AvgIpc) is 3.02. The molecule has 0 saturated carbocycles. The van der Waals surface area contributed by atoms with Crippen molar-refractivity contribution >= 4 is 6.09 Å². The van der Waals surface area contributed by atoms with Crippen molar-refractivity contribution in [2.75, 3.05) is 32.9 Å². The third-order valence-electron chi connectivity index (χ3n) is 6.23. The van der Waals surface area contributed by atoms with Gasteiger partial charge < -0.3 is 9.84 Å². The molecule has 2 fully saturated rings. The van der Waals surface area contributed by atoms with E-state index < -0.39 is 6.09 Å². The average molecular weight is 421 g/mol. The highest BCUT2D eigenvalue weighted by molar-refractivity contribution is 5.64. The molecule has 2 aromatic rings. The van der Waals surface area contributed by atoms with Crippen LogP contribution in [0.3, 0.4) is 0 Å². The normalized spacial score (nSPS) is 20.9. The summed E-state index contributed by atoms with van der Waals surface area (Å²) in [6.45, 7) is 4.14.